The Morgan fingerprint density at radius 3 is 2.77 bits per heavy atom. The number of rotatable bonds is 4. The van der Waals surface area contributed by atoms with E-state index in [0.29, 0.717) is 22.0 Å². The zero-order valence-electron chi connectivity index (χ0n) is 14.7. The summed E-state index contributed by atoms with van der Waals surface area (Å²) in [4.78, 5) is 26.4. The highest BCUT2D eigenvalue weighted by atomic mass is 32.1. The van der Waals surface area contributed by atoms with Gasteiger partial charge in [-0.25, -0.2) is 4.79 Å². The maximum absolute atomic E-state index is 12.4. The number of esters is 1. The highest BCUT2D eigenvalue weighted by molar-refractivity contribution is 7.14. The van der Waals surface area contributed by atoms with Crippen molar-refractivity contribution in [2.45, 2.75) is 39.2 Å². The molecule has 2 aromatic rings. The lowest BCUT2D eigenvalue weighted by molar-refractivity contribution is -0.123. The van der Waals surface area contributed by atoms with Crippen LogP contribution in [-0.4, -0.2) is 18.0 Å². The van der Waals surface area contributed by atoms with Gasteiger partial charge in [-0.3, -0.25) is 4.79 Å². The Morgan fingerprint density at radius 1 is 1.35 bits per heavy atom. The summed E-state index contributed by atoms with van der Waals surface area (Å²) in [6.45, 7) is 3.76. The van der Waals surface area contributed by atoms with Crippen LogP contribution in [0.3, 0.4) is 0 Å². The summed E-state index contributed by atoms with van der Waals surface area (Å²) in [5, 5.41) is 11.5. The van der Waals surface area contributed by atoms with Crippen molar-refractivity contribution in [2.75, 3.05) is 5.32 Å². The second kappa shape index (κ2) is 7.71. The standard InChI is InChI=1S/C20H20N2O3S/c1-12-3-8-17-15(9-12)10-18(26-17)20(24)25-13(2)19(23)22-16-6-4-14(11-21)5-7-16/h4-7,10,12-13H,3,8-9H2,1-2H3,(H,22,23)/t12-,13-/m1/s1. The number of nitrogens with zero attached hydrogens (tertiary/aromatic N) is 1. The summed E-state index contributed by atoms with van der Waals surface area (Å²) < 4.78 is 5.33. The minimum atomic E-state index is -0.906. The number of hydrogen-bond donors (Lipinski definition) is 1. The van der Waals surface area contributed by atoms with Crippen molar-refractivity contribution < 1.29 is 14.3 Å². The molecular weight excluding hydrogens is 348 g/mol. The van der Waals surface area contributed by atoms with E-state index in [-0.39, 0.29) is 0 Å². The molecule has 0 fully saturated rings. The first-order valence-electron chi connectivity index (χ1n) is 8.60. The van der Waals surface area contributed by atoms with Gasteiger partial charge >= 0.3 is 5.97 Å². The van der Waals surface area contributed by atoms with E-state index in [1.165, 1.54) is 21.8 Å². The third-order valence-corrected chi connectivity index (χ3v) is 5.68. The molecule has 5 nitrogen and oxygen atoms in total. The van der Waals surface area contributed by atoms with Crippen LogP contribution in [-0.2, 0) is 22.4 Å². The molecule has 0 bridgehead atoms. The van der Waals surface area contributed by atoms with Gasteiger partial charge in [0.05, 0.1) is 11.6 Å². The van der Waals surface area contributed by atoms with Crippen molar-refractivity contribution in [3.05, 3.63) is 51.2 Å². The van der Waals surface area contributed by atoms with Crippen molar-refractivity contribution in [3.8, 4) is 6.07 Å². The molecular formula is C20H20N2O3S. The van der Waals surface area contributed by atoms with Gasteiger partial charge in [-0.1, -0.05) is 6.92 Å². The van der Waals surface area contributed by atoms with Crippen LogP contribution < -0.4 is 5.32 Å². The number of hydrogen-bond acceptors (Lipinski definition) is 5. The Balaban J connectivity index is 1.60. The summed E-state index contributed by atoms with van der Waals surface area (Å²) in [6.07, 6.45) is 2.23. The normalized spacial score (nSPS) is 16.9. The van der Waals surface area contributed by atoms with Crippen molar-refractivity contribution in [1.29, 1.82) is 5.26 Å². The predicted octanol–water partition coefficient (Wildman–Crippen LogP) is 3.93. The lowest BCUT2D eigenvalue weighted by atomic mass is 9.90. The van der Waals surface area contributed by atoms with Gasteiger partial charge in [-0.2, -0.15) is 5.26 Å². The molecule has 1 N–H and O–H groups in total. The van der Waals surface area contributed by atoms with Gasteiger partial charge in [0.25, 0.3) is 5.91 Å². The van der Waals surface area contributed by atoms with Crippen LogP contribution in [0.25, 0.3) is 0 Å². The van der Waals surface area contributed by atoms with Gasteiger partial charge in [0.15, 0.2) is 6.10 Å². The molecule has 26 heavy (non-hydrogen) atoms. The fourth-order valence-corrected chi connectivity index (χ4v) is 4.04. The van der Waals surface area contributed by atoms with Crippen LogP contribution in [0.4, 0.5) is 5.69 Å². The van der Waals surface area contributed by atoms with E-state index in [4.69, 9.17) is 10.00 Å². The van der Waals surface area contributed by atoms with E-state index in [1.807, 2.05) is 12.1 Å². The van der Waals surface area contributed by atoms with Crippen molar-refractivity contribution >= 4 is 28.9 Å². The Morgan fingerprint density at radius 2 is 2.08 bits per heavy atom. The van der Waals surface area contributed by atoms with Gasteiger partial charge in [0, 0.05) is 10.6 Å². The molecule has 1 amide bonds. The number of benzene rings is 1. The molecule has 1 heterocycles. The highest BCUT2D eigenvalue weighted by Gasteiger charge is 2.24. The van der Waals surface area contributed by atoms with Gasteiger partial charge < -0.3 is 10.1 Å². The SMILES string of the molecule is C[C@@H]1CCc2sc(C(=O)O[C@H](C)C(=O)Nc3ccc(C#N)cc3)cc2C1. The average Bonchev–Trinajstić information content (AvgIpc) is 3.05. The van der Waals surface area contributed by atoms with Crippen molar-refractivity contribution in [2.24, 2.45) is 5.92 Å². The predicted molar refractivity (Wildman–Crippen MR) is 100 cm³/mol. The van der Waals surface area contributed by atoms with Crippen LogP contribution in [0, 0.1) is 17.2 Å². The number of aryl methyl sites for hydroxylation is 1. The quantitative estimate of drug-likeness (QED) is 0.829. The molecule has 1 aromatic heterocycles. The van der Waals surface area contributed by atoms with E-state index >= 15 is 0 Å². The number of carbonyl (C=O) groups is 2. The van der Waals surface area contributed by atoms with Gasteiger partial charge in [0.1, 0.15) is 4.88 Å². The van der Waals surface area contributed by atoms with Crippen molar-refractivity contribution in [3.63, 3.8) is 0 Å². The van der Waals surface area contributed by atoms with Crippen LogP contribution in [0.2, 0.25) is 0 Å². The van der Waals surface area contributed by atoms with E-state index in [1.54, 1.807) is 31.2 Å². The van der Waals surface area contributed by atoms with E-state index in [0.717, 1.165) is 19.3 Å². The molecule has 0 saturated heterocycles. The minimum absolute atomic E-state index is 0.405. The maximum Gasteiger partial charge on any atom is 0.349 e. The first kappa shape index (κ1) is 18.2. The highest BCUT2D eigenvalue weighted by Crippen LogP contribution is 2.32. The molecule has 0 saturated carbocycles. The number of fused-ring (bicyclic) bond motifs is 1. The molecule has 6 heteroatoms. The van der Waals surface area contributed by atoms with Crippen LogP contribution >= 0.6 is 11.3 Å². The third kappa shape index (κ3) is 4.12. The molecule has 0 radical (unpaired) electrons. The third-order valence-electron chi connectivity index (χ3n) is 4.46. The number of amides is 1. The summed E-state index contributed by atoms with van der Waals surface area (Å²) in [7, 11) is 0. The summed E-state index contributed by atoms with van der Waals surface area (Å²) in [6, 6.07) is 10.4. The number of thiophene rings is 1. The second-order valence-electron chi connectivity index (χ2n) is 6.63. The first-order chi connectivity index (χ1) is 12.5. The number of ether oxygens (including phenoxy) is 1. The lowest BCUT2D eigenvalue weighted by Crippen LogP contribution is -2.29. The van der Waals surface area contributed by atoms with E-state index in [9.17, 15) is 9.59 Å². The molecule has 0 aliphatic heterocycles. The van der Waals surface area contributed by atoms with Crippen LogP contribution in [0.15, 0.2) is 30.3 Å². The molecule has 3 rings (SSSR count). The fourth-order valence-electron chi connectivity index (χ4n) is 2.95. The summed E-state index contributed by atoms with van der Waals surface area (Å²) in [5.74, 6) is -0.226. The molecule has 0 unspecified atom stereocenters. The average molecular weight is 368 g/mol. The maximum atomic E-state index is 12.4. The number of anilines is 1. The molecule has 1 aliphatic carbocycles. The molecule has 2 atom stereocenters. The van der Waals surface area contributed by atoms with Crippen LogP contribution in [0.1, 0.15) is 45.9 Å². The Hall–Kier alpha value is -2.65. The van der Waals surface area contributed by atoms with E-state index in [2.05, 4.69) is 12.2 Å². The molecule has 0 spiro atoms. The van der Waals surface area contributed by atoms with Gasteiger partial charge in [-0.15, -0.1) is 11.3 Å². The zero-order chi connectivity index (χ0) is 18.7. The Bertz CT molecular complexity index is 864. The van der Waals surface area contributed by atoms with Crippen LogP contribution in [0.5, 0.6) is 0 Å². The van der Waals surface area contributed by atoms with Crippen molar-refractivity contribution in [1.82, 2.24) is 0 Å². The monoisotopic (exact) mass is 368 g/mol. The second-order valence-corrected chi connectivity index (χ2v) is 7.77. The van der Waals surface area contributed by atoms with Gasteiger partial charge in [-0.05, 0) is 68.0 Å². The number of nitrogens with one attached hydrogen (secondary N) is 1. The molecule has 134 valence electrons. The molecule has 1 aliphatic rings. The van der Waals surface area contributed by atoms with Gasteiger partial charge in [0.2, 0.25) is 0 Å². The van der Waals surface area contributed by atoms with E-state index < -0.39 is 18.0 Å². The smallest absolute Gasteiger partial charge is 0.349 e. The topological polar surface area (TPSA) is 79.2 Å². The zero-order valence-corrected chi connectivity index (χ0v) is 15.6. The largest absolute Gasteiger partial charge is 0.448 e. The Kier molecular flexibility index (Phi) is 5.38. The number of nitriles is 1. The fraction of sp³-hybridized carbons (Fsp3) is 0.350. The lowest BCUT2D eigenvalue weighted by Gasteiger charge is -2.16. The molecule has 1 aromatic carbocycles. The summed E-state index contributed by atoms with van der Waals surface area (Å²) >= 11 is 1.47. The minimum Gasteiger partial charge on any atom is -0.448 e. The number of carbonyl (C=O) groups excluding carboxylic acids is 2. The summed E-state index contributed by atoms with van der Waals surface area (Å²) in [5.41, 5.74) is 2.30. The Labute approximate surface area is 156 Å². The first-order valence-corrected chi connectivity index (χ1v) is 9.41.